The number of nitrogens with zero attached hydrogens (tertiary/aromatic N) is 3. The van der Waals surface area contributed by atoms with Gasteiger partial charge in [0.25, 0.3) is 5.56 Å². The number of nitrogens with one attached hydrogen (secondary N) is 1. The van der Waals surface area contributed by atoms with Gasteiger partial charge in [0.1, 0.15) is 12.4 Å². The molecule has 0 radical (unpaired) electrons. The molecule has 2 heterocycles. The second-order valence-corrected chi connectivity index (χ2v) is 7.58. The first kappa shape index (κ1) is 18.9. The zero-order valence-corrected chi connectivity index (χ0v) is 16.6. The van der Waals surface area contributed by atoms with Crippen LogP contribution in [-0.2, 0) is 11.3 Å². The first-order valence-electron chi connectivity index (χ1n) is 8.88. The van der Waals surface area contributed by atoms with Crippen LogP contribution in [0.1, 0.15) is 11.1 Å². The van der Waals surface area contributed by atoms with Gasteiger partial charge in [-0.3, -0.25) is 14.2 Å². The molecule has 0 bridgehead atoms. The Morgan fingerprint density at radius 3 is 2.79 bits per heavy atom. The van der Waals surface area contributed by atoms with Gasteiger partial charge in [-0.15, -0.1) is 11.3 Å². The molecule has 1 amide bonds. The van der Waals surface area contributed by atoms with Crippen LogP contribution in [0, 0.1) is 19.7 Å². The highest BCUT2D eigenvalue weighted by atomic mass is 32.1. The Morgan fingerprint density at radius 1 is 1.17 bits per heavy atom. The maximum atomic E-state index is 13.3. The molecule has 1 N–H and O–H groups in total. The van der Waals surface area contributed by atoms with Crippen LogP contribution in [0.5, 0.6) is 0 Å². The van der Waals surface area contributed by atoms with Crippen LogP contribution in [0.4, 0.5) is 9.52 Å². The normalized spacial score (nSPS) is 11.0. The predicted molar refractivity (Wildman–Crippen MR) is 112 cm³/mol. The predicted octanol–water partition coefficient (Wildman–Crippen LogP) is 3.91. The summed E-state index contributed by atoms with van der Waals surface area (Å²) in [6.07, 6.45) is 1.24. The van der Waals surface area contributed by atoms with Crippen molar-refractivity contribution in [3.63, 3.8) is 0 Å². The van der Waals surface area contributed by atoms with Gasteiger partial charge >= 0.3 is 0 Å². The van der Waals surface area contributed by atoms with Crippen molar-refractivity contribution in [3.8, 4) is 11.3 Å². The molecule has 0 saturated heterocycles. The van der Waals surface area contributed by atoms with Crippen LogP contribution in [0.15, 0.2) is 52.9 Å². The van der Waals surface area contributed by atoms with E-state index in [4.69, 9.17) is 0 Å². The smallest absolute Gasteiger partial charge is 0.261 e. The monoisotopic (exact) mass is 408 g/mol. The third kappa shape index (κ3) is 3.93. The Hall–Kier alpha value is -3.39. The van der Waals surface area contributed by atoms with Crippen molar-refractivity contribution in [1.82, 2.24) is 14.5 Å². The molecule has 0 spiro atoms. The summed E-state index contributed by atoms with van der Waals surface area (Å²) in [6, 6.07) is 9.83. The van der Waals surface area contributed by atoms with Crippen LogP contribution in [0.2, 0.25) is 0 Å². The summed E-state index contributed by atoms with van der Waals surface area (Å²) >= 11 is 1.31. The van der Waals surface area contributed by atoms with Crippen molar-refractivity contribution in [1.29, 1.82) is 0 Å². The Balaban J connectivity index is 1.50. The van der Waals surface area contributed by atoms with Crippen LogP contribution < -0.4 is 10.9 Å². The highest BCUT2D eigenvalue weighted by Gasteiger charge is 2.12. The van der Waals surface area contributed by atoms with E-state index in [2.05, 4.69) is 21.4 Å². The zero-order valence-electron chi connectivity index (χ0n) is 15.8. The maximum absolute atomic E-state index is 13.3. The number of thiazole rings is 1. The highest BCUT2D eigenvalue weighted by Crippen LogP contribution is 2.26. The van der Waals surface area contributed by atoms with E-state index in [-0.39, 0.29) is 17.4 Å². The van der Waals surface area contributed by atoms with Crippen molar-refractivity contribution in [2.75, 3.05) is 5.32 Å². The fourth-order valence-electron chi connectivity index (χ4n) is 2.92. The van der Waals surface area contributed by atoms with Crippen LogP contribution in [0.3, 0.4) is 0 Å². The van der Waals surface area contributed by atoms with Crippen LogP contribution >= 0.6 is 11.3 Å². The molecule has 8 heteroatoms. The third-order valence-corrected chi connectivity index (χ3v) is 5.41. The molecular formula is C21H17FN4O2S. The number of rotatable bonds is 4. The molecule has 0 aliphatic heterocycles. The van der Waals surface area contributed by atoms with E-state index >= 15 is 0 Å². The number of benzene rings is 2. The molecule has 2 aromatic carbocycles. The van der Waals surface area contributed by atoms with Crippen molar-refractivity contribution < 1.29 is 9.18 Å². The molecule has 6 nitrogen and oxygen atoms in total. The van der Waals surface area contributed by atoms with Gasteiger partial charge in [-0.05, 0) is 43.2 Å². The van der Waals surface area contributed by atoms with Crippen LogP contribution in [-0.4, -0.2) is 20.4 Å². The largest absolute Gasteiger partial charge is 0.300 e. The molecule has 146 valence electrons. The standard InChI is InChI=1S/C21H17FN4O2S/c1-12-3-4-14(7-13(12)2)18-10-29-21(24-18)25-19(27)9-26-11-23-17-8-15(22)5-6-16(17)20(26)28/h3-8,10-11H,9H2,1-2H3,(H,24,25,27). The van der Waals surface area contributed by atoms with E-state index in [1.807, 2.05) is 31.4 Å². The summed E-state index contributed by atoms with van der Waals surface area (Å²) in [6.45, 7) is 3.88. The highest BCUT2D eigenvalue weighted by molar-refractivity contribution is 7.14. The minimum Gasteiger partial charge on any atom is -0.300 e. The number of halogens is 1. The minimum atomic E-state index is -0.469. The number of hydrogen-bond donors (Lipinski definition) is 1. The second kappa shape index (κ2) is 7.56. The second-order valence-electron chi connectivity index (χ2n) is 6.72. The van der Waals surface area contributed by atoms with Gasteiger partial charge < -0.3 is 5.32 Å². The zero-order chi connectivity index (χ0) is 20.5. The van der Waals surface area contributed by atoms with Gasteiger partial charge in [-0.1, -0.05) is 12.1 Å². The minimum absolute atomic E-state index is 0.211. The van der Waals surface area contributed by atoms with Gasteiger partial charge in [-0.25, -0.2) is 14.4 Å². The lowest BCUT2D eigenvalue weighted by Gasteiger charge is -2.06. The van der Waals surface area contributed by atoms with Crippen molar-refractivity contribution in [2.24, 2.45) is 0 Å². The molecule has 4 aromatic rings. The average Bonchev–Trinajstić information content (AvgIpc) is 3.14. The number of carbonyl (C=O) groups excluding carboxylic acids is 1. The summed E-state index contributed by atoms with van der Waals surface area (Å²) < 4.78 is 14.5. The molecule has 0 saturated carbocycles. The lowest BCUT2D eigenvalue weighted by Crippen LogP contribution is -2.27. The number of aryl methyl sites for hydroxylation is 2. The molecule has 0 aliphatic rings. The van der Waals surface area contributed by atoms with E-state index in [1.165, 1.54) is 51.6 Å². The summed E-state index contributed by atoms with van der Waals surface area (Å²) in [7, 11) is 0. The Bertz CT molecular complexity index is 1300. The van der Waals surface area contributed by atoms with Crippen molar-refractivity contribution in [2.45, 2.75) is 20.4 Å². The van der Waals surface area contributed by atoms with Gasteiger partial charge in [0.15, 0.2) is 5.13 Å². The first-order chi connectivity index (χ1) is 13.9. The van der Waals surface area contributed by atoms with E-state index < -0.39 is 17.3 Å². The molecule has 29 heavy (non-hydrogen) atoms. The Labute approximate surface area is 169 Å². The lowest BCUT2D eigenvalue weighted by atomic mass is 10.1. The topological polar surface area (TPSA) is 76.9 Å². The van der Waals surface area contributed by atoms with Crippen molar-refractivity contribution >= 4 is 33.3 Å². The van der Waals surface area contributed by atoms with E-state index in [0.717, 1.165) is 11.3 Å². The third-order valence-electron chi connectivity index (χ3n) is 4.65. The molecule has 0 aliphatic carbocycles. The number of hydrogen-bond acceptors (Lipinski definition) is 5. The summed E-state index contributed by atoms with van der Waals surface area (Å²) in [4.78, 5) is 33.4. The SMILES string of the molecule is Cc1ccc(-c2csc(NC(=O)Cn3cnc4cc(F)ccc4c3=O)n2)cc1C. The molecule has 0 atom stereocenters. The van der Waals surface area contributed by atoms with Gasteiger partial charge in [0.05, 0.1) is 22.9 Å². The van der Waals surface area contributed by atoms with Gasteiger partial charge in [0, 0.05) is 17.0 Å². The summed E-state index contributed by atoms with van der Waals surface area (Å²) in [5.41, 5.74) is 3.98. The lowest BCUT2D eigenvalue weighted by molar-refractivity contribution is -0.116. The Kier molecular flexibility index (Phi) is 4.94. The number of amides is 1. The number of aromatic nitrogens is 3. The Morgan fingerprint density at radius 2 is 2.00 bits per heavy atom. The van der Waals surface area contributed by atoms with Gasteiger partial charge in [-0.2, -0.15) is 0 Å². The number of fused-ring (bicyclic) bond motifs is 1. The van der Waals surface area contributed by atoms with Gasteiger partial charge in [0.2, 0.25) is 5.91 Å². The maximum Gasteiger partial charge on any atom is 0.261 e. The summed E-state index contributed by atoms with van der Waals surface area (Å²) in [5.74, 6) is -0.861. The molecule has 0 unspecified atom stereocenters. The first-order valence-corrected chi connectivity index (χ1v) is 9.76. The molecular weight excluding hydrogens is 391 g/mol. The summed E-state index contributed by atoms with van der Waals surface area (Å²) in [5, 5.41) is 5.29. The van der Waals surface area contributed by atoms with Crippen molar-refractivity contribution in [3.05, 3.63) is 75.4 Å². The van der Waals surface area contributed by atoms with E-state index in [9.17, 15) is 14.0 Å². The number of anilines is 1. The molecule has 0 fully saturated rings. The average molecular weight is 408 g/mol. The van der Waals surface area contributed by atoms with E-state index in [0.29, 0.717) is 5.13 Å². The number of carbonyl (C=O) groups is 1. The molecule has 4 rings (SSSR count). The van der Waals surface area contributed by atoms with Crippen LogP contribution in [0.25, 0.3) is 22.2 Å². The molecule has 2 aromatic heterocycles. The quantitative estimate of drug-likeness (QED) is 0.555. The fraction of sp³-hybridized carbons (Fsp3) is 0.143. The van der Waals surface area contributed by atoms with E-state index in [1.54, 1.807) is 0 Å². The fourth-order valence-corrected chi connectivity index (χ4v) is 3.66.